The van der Waals surface area contributed by atoms with E-state index in [1.54, 1.807) is 24.3 Å². The van der Waals surface area contributed by atoms with Crippen LogP contribution in [0.4, 0.5) is 5.69 Å². The number of hydrogen-bond donors (Lipinski definition) is 1. The molecule has 0 aromatic heterocycles. The largest absolute Gasteiger partial charge is 0.272 e. The molecular formula is C23H20BrClN4O5S. The third-order valence-corrected chi connectivity index (χ3v) is 7.51. The first-order valence-electron chi connectivity index (χ1n) is 10.1. The molecule has 1 N–H and O–H groups in total. The maximum Gasteiger partial charge on any atom is 0.270 e. The molecule has 0 fully saturated rings. The van der Waals surface area contributed by atoms with E-state index in [-0.39, 0.29) is 27.7 Å². The van der Waals surface area contributed by atoms with Gasteiger partial charge in [-0.05, 0) is 42.8 Å². The summed E-state index contributed by atoms with van der Waals surface area (Å²) in [5.41, 5.74) is 4.01. The summed E-state index contributed by atoms with van der Waals surface area (Å²) in [4.78, 5) is 23.0. The van der Waals surface area contributed by atoms with Crippen molar-refractivity contribution in [2.75, 3.05) is 6.54 Å². The number of hydrogen-bond acceptors (Lipinski definition) is 6. The Kier molecular flexibility index (Phi) is 8.73. The lowest BCUT2D eigenvalue weighted by Gasteiger charge is -2.21. The quantitative estimate of drug-likeness (QED) is 0.224. The van der Waals surface area contributed by atoms with Crippen LogP contribution in [0.2, 0.25) is 5.02 Å². The molecule has 1 amide bonds. The molecule has 0 atom stereocenters. The summed E-state index contributed by atoms with van der Waals surface area (Å²) >= 11 is 9.30. The number of carbonyl (C=O) groups is 1. The number of nitrogens with zero attached hydrogens (tertiary/aromatic N) is 3. The monoisotopic (exact) mass is 578 g/mol. The lowest BCUT2D eigenvalue weighted by molar-refractivity contribution is -0.384. The average Bonchev–Trinajstić information content (AvgIpc) is 2.81. The Morgan fingerprint density at radius 1 is 1.14 bits per heavy atom. The predicted octanol–water partition coefficient (Wildman–Crippen LogP) is 4.66. The van der Waals surface area contributed by atoms with Crippen molar-refractivity contribution in [1.29, 1.82) is 0 Å². The van der Waals surface area contributed by atoms with E-state index in [1.165, 1.54) is 30.3 Å². The van der Waals surface area contributed by atoms with Gasteiger partial charge >= 0.3 is 0 Å². The highest BCUT2D eigenvalue weighted by molar-refractivity contribution is 9.10. The number of carbonyl (C=O) groups excluding carboxylic acids is 1. The smallest absolute Gasteiger partial charge is 0.270 e. The van der Waals surface area contributed by atoms with E-state index in [0.717, 1.165) is 16.1 Å². The van der Waals surface area contributed by atoms with Gasteiger partial charge in [0.2, 0.25) is 10.0 Å². The Hall–Kier alpha value is -3.12. The van der Waals surface area contributed by atoms with Crippen LogP contribution in [0.5, 0.6) is 0 Å². The summed E-state index contributed by atoms with van der Waals surface area (Å²) in [7, 11) is -4.02. The van der Waals surface area contributed by atoms with Crippen LogP contribution >= 0.6 is 27.5 Å². The number of sulfonamides is 1. The van der Waals surface area contributed by atoms with Crippen LogP contribution in [-0.2, 0) is 21.4 Å². The number of non-ortho nitro benzene ring substituents is 1. The van der Waals surface area contributed by atoms with Crippen LogP contribution in [0.3, 0.4) is 0 Å². The first-order chi connectivity index (χ1) is 16.6. The molecule has 3 aromatic carbocycles. The minimum absolute atomic E-state index is 0.0347. The molecule has 0 spiro atoms. The van der Waals surface area contributed by atoms with Gasteiger partial charge in [-0.1, -0.05) is 57.4 Å². The van der Waals surface area contributed by atoms with Crippen LogP contribution < -0.4 is 5.43 Å². The normalized spacial score (nSPS) is 11.7. The highest BCUT2D eigenvalue weighted by Gasteiger charge is 2.27. The van der Waals surface area contributed by atoms with Gasteiger partial charge in [0.1, 0.15) is 0 Å². The van der Waals surface area contributed by atoms with Gasteiger partial charge in [-0.15, -0.1) is 0 Å². The van der Waals surface area contributed by atoms with Crippen molar-refractivity contribution < 1.29 is 18.1 Å². The molecule has 182 valence electrons. The number of nitrogens with one attached hydrogen (secondary N) is 1. The molecule has 9 nitrogen and oxygen atoms in total. The van der Waals surface area contributed by atoms with Crippen LogP contribution in [0.1, 0.15) is 16.7 Å². The number of benzene rings is 3. The van der Waals surface area contributed by atoms with Crippen molar-refractivity contribution >= 4 is 55.4 Å². The molecule has 35 heavy (non-hydrogen) atoms. The van der Waals surface area contributed by atoms with Crippen LogP contribution in [0.25, 0.3) is 0 Å². The number of amides is 1. The Balaban J connectivity index is 1.80. The second-order valence-electron chi connectivity index (χ2n) is 7.47. The highest BCUT2D eigenvalue weighted by atomic mass is 79.9. The average molecular weight is 580 g/mol. The van der Waals surface area contributed by atoms with Gasteiger partial charge in [-0.3, -0.25) is 14.9 Å². The van der Waals surface area contributed by atoms with Gasteiger partial charge in [0.15, 0.2) is 0 Å². The Morgan fingerprint density at radius 3 is 2.43 bits per heavy atom. The molecule has 0 radical (unpaired) electrons. The third-order valence-electron chi connectivity index (χ3n) is 4.83. The first-order valence-corrected chi connectivity index (χ1v) is 12.7. The van der Waals surface area contributed by atoms with Gasteiger partial charge in [0, 0.05) is 33.7 Å². The molecule has 0 aliphatic rings. The van der Waals surface area contributed by atoms with Crippen molar-refractivity contribution in [2.24, 2.45) is 5.10 Å². The second kappa shape index (κ2) is 11.5. The number of rotatable bonds is 9. The maximum atomic E-state index is 13.3. The summed E-state index contributed by atoms with van der Waals surface area (Å²) in [6.45, 7) is 1.37. The van der Waals surface area contributed by atoms with E-state index < -0.39 is 27.4 Å². The standard InChI is InChI=1S/C23H20BrClN4O5S/c1-16-2-4-17(5-3-16)14-28(35(33,34)21-9-6-19(24)7-10-21)15-23(30)27-26-13-18-12-20(29(31)32)8-11-22(18)25/h2-13H,14-15H2,1H3,(H,27,30)/b26-13-. The minimum atomic E-state index is -4.02. The summed E-state index contributed by atoms with van der Waals surface area (Å²) in [5.74, 6) is -0.699. The van der Waals surface area contributed by atoms with Gasteiger partial charge in [0.25, 0.3) is 11.6 Å². The van der Waals surface area contributed by atoms with Crippen LogP contribution in [0.15, 0.2) is 81.2 Å². The molecule has 0 unspecified atom stereocenters. The topological polar surface area (TPSA) is 122 Å². The van der Waals surface area contributed by atoms with E-state index in [1.807, 2.05) is 19.1 Å². The van der Waals surface area contributed by atoms with Crippen molar-refractivity contribution in [2.45, 2.75) is 18.4 Å². The molecule has 0 saturated heterocycles. The van der Waals surface area contributed by atoms with E-state index in [4.69, 9.17) is 11.6 Å². The molecular weight excluding hydrogens is 560 g/mol. The fourth-order valence-electron chi connectivity index (χ4n) is 2.99. The number of nitro groups is 1. The molecule has 0 heterocycles. The third kappa shape index (κ3) is 7.18. The van der Waals surface area contributed by atoms with E-state index in [9.17, 15) is 23.3 Å². The Morgan fingerprint density at radius 2 is 1.80 bits per heavy atom. The van der Waals surface area contributed by atoms with Crippen LogP contribution in [0, 0.1) is 17.0 Å². The summed E-state index contributed by atoms with van der Waals surface area (Å²) in [6.07, 6.45) is 1.15. The van der Waals surface area contributed by atoms with Crippen molar-refractivity contribution in [3.05, 3.63) is 103 Å². The fraction of sp³-hybridized carbons (Fsp3) is 0.130. The zero-order chi connectivity index (χ0) is 25.6. The van der Waals surface area contributed by atoms with Gasteiger partial charge in [-0.2, -0.15) is 9.41 Å². The SMILES string of the molecule is Cc1ccc(CN(CC(=O)N/N=C\c2cc([N+](=O)[O-])ccc2Cl)S(=O)(=O)c2ccc(Br)cc2)cc1. The molecule has 0 aliphatic carbocycles. The molecule has 0 bridgehead atoms. The molecule has 3 aromatic rings. The Bertz CT molecular complexity index is 1360. The van der Waals surface area contributed by atoms with Crippen molar-refractivity contribution in [3.63, 3.8) is 0 Å². The van der Waals surface area contributed by atoms with Crippen LogP contribution in [-0.4, -0.2) is 36.3 Å². The zero-order valence-electron chi connectivity index (χ0n) is 18.4. The van der Waals surface area contributed by atoms with Crippen molar-refractivity contribution in [3.8, 4) is 0 Å². The highest BCUT2D eigenvalue weighted by Crippen LogP contribution is 2.22. The molecule has 3 rings (SSSR count). The summed E-state index contributed by atoms with van der Waals surface area (Å²) in [6, 6.07) is 17.2. The maximum absolute atomic E-state index is 13.3. The molecule has 12 heteroatoms. The number of hydrazone groups is 1. The van der Waals surface area contributed by atoms with Crippen molar-refractivity contribution in [1.82, 2.24) is 9.73 Å². The first kappa shape index (κ1) is 26.5. The summed E-state index contributed by atoms with van der Waals surface area (Å²) in [5, 5.41) is 14.9. The van der Waals surface area contributed by atoms with Gasteiger partial charge < -0.3 is 0 Å². The second-order valence-corrected chi connectivity index (χ2v) is 10.7. The Labute approximate surface area is 215 Å². The molecule has 0 aliphatic heterocycles. The molecule has 0 saturated carbocycles. The van der Waals surface area contributed by atoms with Gasteiger partial charge in [0.05, 0.1) is 22.6 Å². The zero-order valence-corrected chi connectivity index (χ0v) is 21.5. The lowest BCUT2D eigenvalue weighted by Crippen LogP contribution is -2.39. The number of nitro benzene ring substituents is 1. The van der Waals surface area contributed by atoms with E-state index in [0.29, 0.717) is 10.0 Å². The minimum Gasteiger partial charge on any atom is -0.272 e. The number of aryl methyl sites for hydroxylation is 1. The predicted molar refractivity (Wildman–Crippen MR) is 137 cm³/mol. The lowest BCUT2D eigenvalue weighted by atomic mass is 10.1. The number of halogens is 2. The summed E-state index contributed by atoms with van der Waals surface area (Å²) < 4.78 is 28.4. The van der Waals surface area contributed by atoms with E-state index >= 15 is 0 Å². The fourth-order valence-corrected chi connectivity index (χ4v) is 4.81. The van der Waals surface area contributed by atoms with Gasteiger partial charge in [-0.25, -0.2) is 13.8 Å². The van der Waals surface area contributed by atoms with E-state index in [2.05, 4.69) is 26.5 Å².